The van der Waals surface area contributed by atoms with Gasteiger partial charge in [-0.25, -0.2) is 0 Å². The largest absolute Gasteiger partial charge is 0.312 e. The monoisotopic (exact) mass is 240 g/mol. The van der Waals surface area contributed by atoms with Crippen LogP contribution in [-0.4, -0.2) is 36.1 Å². The third kappa shape index (κ3) is 4.59. The summed E-state index contributed by atoms with van der Waals surface area (Å²) < 4.78 is 0. The lowest BCUT2D eigenvalue weighted by molar-refractivity contribution is 0.102. The average Bonchev–Trinajstić information content (AvgIpc) is 2.36. The Hall–Kier alpha value is -0.0800. The highest BCUT2D eigenvalue weighted by Crippen LogP contribution is 2.20. The van der Waals surface area contributed by atoms with Crippen LogP contribution in [0.1, 0.15) is 66.2 Å². The van der Waals surface area contributed by atoms with E-state index in [4.69, 9.17) is 0 Å². The van der Waals surface area contributed by atoms with Crippen molar-refractivity contribution in [2.75, 3.05) is 13.6 Å². The van der Waals surface area contributed by atoms with Crippen molar-refractivity contribution in [3.63, 3.8) is 0 Å². The van der Waals surface area contributed by atoms with Crippen molar-refractivity contribution < 1.29 is 0 Å². The molecule has 0 radical (unpaired) electrons. The molecule has 1 unspecified atom stereocenters. The molecule has 0 aromatic carbocycles. The Bertz CT molecular complexity index is 207. The zero-order chi connectivity index (χ0) is 12.9. The number of nitrogens with one attached hydrogen (secondary N) is 1. The van der Waals surface area contributed by atoms with Gasteiger partial charge in [0.2, 0.25) is 0 Å². The van der Waals surface area contributed by atoms with Gasteiger partial charge in [-0.1, -0.05) is 26.2 Å². The third-order valence-electron chi connectivity index (χ3n) is 4.79. The van der Waals surface area contributed by atoms with E-state index in [1.165, 1.54) is 38.5 Å². The summed E-state index contributed by atoms with van der Waals surface area (Å²) in [6.07, 6.45) is 8.25. The van der Waals surface area contributed by atoms with Crippen LogP contribution in [0.3, 0.4) is 0 Å². The molecule has 0 bridgehead atoms. The van der Waals surface area contributed by atoms with Gasteiger partial charge in [0.25, 0.3) is 0 Å². The molecule has 102 valence electrons. The number of hydrogen-bond donors (Lipinski definition) is 1. The van der Waals surface area contributed by atoms with Crippen LogP contribution in [0.5, 0.6) is 0 Å². The second kappa shape index (κ2) is 6.75. The molecular weight excluding hydrogens is 208 g/mol. The first-order valence-corrected chi connectivity index (χ1v) is 7.43. The molecule has 1 N–H and O–H groups in total. The summed E-state index contributed by atoms with van der Waals surface area (Å²) in [5.74, 6) is 0. The average molecular weight is 240 g/mol. The first-order valence-electron chi connectivity index (χ1n) is 7.43. The van der Waals surface area contributed by atoms with E-state index in [9.17, 15) is 0 Å². The van der Waals surface area contributed by atoms with Gasteiger partial charge in [-0.05, 0) is 47.1 Å². The second-order valence-electron chi connectivity index (χ2n) is 6.37. The summed E-state index contributed by atoms with van der Waals surface area (Å²) in [4.78, 5) is 2.52. The van der Waals surface area contributed by atoms with Gasteiger partial charge in [0.1, 0.15) is 0 Å². The van der Waals surface area contributed by atoms with Crippen molar-refractivity contribution in [3.05, 3.63) is 0 Å². The number of likely N-dealkylation sites (N-methyl/N-ethyl adjacent to an activating group) is 1. The Morgan fingerprint density at radius 3 is 2.35 bits per heavy atom. The first-order chi connectivity index (χ1) is 7.97. The number of nitrogens with zero attached hydrogens (tertiary/aromatic N) is 1. The molecule has 1 fully saturated rings. The van der Waals surface area contributed by atoms with Gasteiger partial charge in [-0.15, -0.1) is 0 Å². The lowest BCUT2D eigenvalue weighted by atomic mass is 9.95. The van der Waals surface area contributed by atoms with Crippen molar-refractivity contribution in [1.29, 1.82) is 0 Å². The highest BCUT2D eigenvalue weighted by Gasteiger charge is 2.25. The molecular formula is C15H32N2. The maximum absolute atomic E-state index is 3.76. The van der Waals surface area contributed by atoms with E-state index in [0.29, 0.717) is 11.6 Å². The van der Waals surface area contributed by atoms with Gasteiger partial charge < -0.3 is 5.32 Å². The van der Waals surface area contributed by atoms with E-state index < -0.39 is 0 Å². The van der Waals surface area contributed by atoms with Crippen molar-refractivity contribution in [2.24, 2.45) is 0 Å². The van der Waals surface area contributed by atoms with E-state index in [1.54, 1.807) is 0 Å². The third-order valence-corrected chi connectivity index (χ3v) is 4.79. The summed E-state index contributed by atoms with van der Waals surface area (Å²) >= 11 is 0. The van der Waals surface area contributed by atoms with E-state index in [2.05, 4.69) is 45.0 Å². The molecule has 0 spiro atoms. The summed E-state index contributed by atoms with van der Waals surface area (Å²) in [6.45, 7) is 10.4. The molecule has 0 saturated heterocycles. The zero-order valence-electron chi connectivity index (χ0n) is 12.6. The molecule has 1 saturated carbocycles. The second-order valence-corrected chi connectivity index (χ2v) is 6.37. The van der Waals surface area contributed by atoms with Crippen LogP contribution in [0.15, 0.2) is 0 Å². The molecule has 2 nitrogen and oxygen atoms in total. The van der Waals surface area contributed by atoms with E-state index >= 15 is 0 Å². The standard InChI is InChI=1S/C15H32N2/c1-6-15(3,4)17(5)13(2)12-16-14-10-8-7-9-11-14/h13-14,16H,6-12H2,1-5H3. The highest BCUT2D eigenvalue weighted by molar-refractivity contribution is 4.83. The van der Waals surface area contributed by atoms with Crippen LogP contribution in [-0.2, 0) is 0 Å². The summed E-state index contributed by atoms with van der Waals surface area (Å²) in [7, 11) is 2.26. The minimum Gasteiger partial charge on any atom is -0.312 e. The minimum atomic E-state index is 0.313. The number of hydrogen-bond acceptors (Lipinski definition) is 2. The molecule has 1 aliphatic rings. The fourth-order valence-electron chi connectivity index (χ4n) is 2.63. The Balaban J connectivity index is 2.30. The summed E-state index contributed by atoms with van der Waals surface area (Å²) in [6, 6.07) is 1.40. The lowest BCUT2D eigenvalue weighted by Crippen LogP contribution is -2.50. The van der Waals surface area contributed by atoms with Gasteiger partial charge in [0, 0.05) is 24.2 Å². The fourth-order valence-corrected chi connectivity index (χ4v) is 2.63. The van der Waals surface area contributed by atoms with E-state index in [-0.39, 0.29) is 0 Å². The van der Waals surface area contributed by atoms with Crippen LogP contribution >= 0.6 is 0 Å². The van der Waals surface area contributed by atoms with Crippen LogP contribution in [0, 0.1) is 0 Å². The van der Waals surface area contributed by atoms with Crippen LogP contribution in [0.2, 0.25) is 0 Å². The molecule has 0 aromatic heterocycles. The topological polar surface area (TPSA) is 15.3 Å². The Kier molecular flexibility index (Phi) is 5.94. The Labute approximate surface area is 108 Å². The van der Waals surface area contributed by atoms with Crippen molar-refractivity contribution in [1.82, 2.24) is 10.2 Å². The molecule has 17 heavy (non-hydrogen) atoms. The first kappa shape index (κ1) is 15.0. The van der Waals surface area contributed by atoms with Crippen molar-refractivity contribution in [2.45, 2.75) is 83.8 Å². The molecule has 0 heterocycles. The molecule has 0 aromatic rings. The van der Waals surface area contributed by atoms with E-state index in [0.717, 1.165) is 12.6 Å². The van der Waals surface area contributed by atoms with Crippen LogP contribution in [0.4, 0.5) is 0 Å². The van der Waals surface area contributed by atoms with Crippen LogP contribution in [0.25, 0.3) is 0 Å². The van der Waals surface area contributed by atoms with Gasteiger partial charge >= 0.3 is 0 Å². The lowest BCUT2D eigenvalue weighted by Gasteiger charge is -2.40. The molecule has 1 atom stereocenters. The molecule has 0 amide bonds. The quantitative estimate of drug-likeness (QED) is 0.765. The maximum Gasteiger partial charge on any atom is 0.0194 e. The smallest absolute Gasteiger partial charge is 0.0194 e. The van der Waals surface area contributed by atoms with Crippen LogP contribution < -0.4 is 5.32 Å². The zero-order valence-corrected chi connectivity index (χ0v) is 12.6. The van der Waals surface area contributed by atoms with E-state index in [1.807, 2.05) is 0 Å². The van der Waals surface area contributed by atoms with Crippen molar-refractivity contribution in [3.8, 4) is 0 Å². The Morgan fingerprint density at radius 2 is 1.82 bits per heavy atom. The number of rotatable bonds is 6. The molecule has 2 heteroatoms. The van der Waals surface area contributed by atoms with Gasteiger partial charge in [-0.3, -0.25) is 4.90 Å². The molecule has 0 aliphatic heterocycles. The van der Waals surface area contributed by atoms with Gasteiger partial charge in [0.05, 0.1) is 0 Å². The SMILES string of the molecule is CCC(C)(C)N(C)C(C)CNC1CCCCC1. The molecule has 1 aliphatic carbocycles. The Morgan fingerprint density at radius 1 is 1.24 bits per heavy atom. The van der Waals surface area contributed by atoms with Gasteiger partial charge in [-0.2, -0.15) is 0 Å². The molecule has 1 rings (SSSR count). The van der Waals surface area contributed by atoms with Crippen molar-refractivity contribution >= 4 is 0 Å². The predicted molar refractivity (Wildman–Crippen MR) is 76.5 cm³/mol. The highest BCUT2D eigenvalue weighted by atomic mass is 15.2. The normalized spacial score (nSPS) is 20.8. The maximum atomic E-state index is 3.76. The summed E-state index contributed by atoms with van der Waals surface area (Å²) in [5.41, 5.74) is 0.313. The minimum absolute atomic E-state index is 0.313. The predicted octanol–water partition coefficient (Wildman–Crippen LogP) is 3.42. The van der Waals surface area contributed by atoms with Gasteiger partial charge in [0.15, 0.2) is 0 Å². The fraction of sp³-hybridized carbons (Fsp3) is 1.00. The summed E-state index contributed by atoms with van der Waals surface area (Å²) in [5, 5.41) is 3.76.